The maximum atomic E-state index is 12.1. The Hall–Kier alpha value is -7.26. The molecule has 8 aliphatic carbocycles. The second kappa shape index (κ2) is 38.3. The molecule has 126 heavy (non-hydrogen) atoms. The van der Waals surface area contributed by atoms with Crippen molar-refractivity contribution >= 4 is 0 Å². The summed E-state index contributed by atoms with van der Waals surface area (Å²) in [4.78, 5) is 14.8. The molecule has 6 bridgehead atoms. The number of rotatable bonds is 14. The first kappa shape index (κ1) is 92.0. The number of hydrogen-bond acceptors (Lipinski definition) is 17. The third-order valence-corrected chi connectivity index (χ3v) is 35.0. The number of aromatic hydroxyl groups is 6. The van der Waals surface area contributed by atoms with Gasteiger partial charge >= 0.3 is 0 Å². The van der Waals surface area contributed by atoms with Gasteiger partial charge in [-0.2, -0.15) is 0 Å². The van der Waals surface area contributed by atoms with Crippen LogP contribution in [0.2, 0.25) is 0 Å². The molecule has 6 heterocycles. The van der Waals surface area contributed by atoms with Crippen molar-refractivity contribution in [2.75, 3.05) is 100 Å². The van der Waals surface area contributed by atoms with Gasteiger partial charge in [-0.1, -0.05) is 164 Å². The van der Waals surface area contributed by atoms with Crippen LogP contribution in [-0.4, -0.2) is 222 Å². The number of hydrogen-bond donors (Lipinski definition) is 10. The lowest BCUT2D eigenvalue weighted by Gasteiger charge is -2.64. The molecule has 10 fully saturated rings. The van der Waals surface area contributed by atoms with Crippen LogP contribution in [0, 0.1) is 23.7 Å². The number of ether oxygens (including phenoxy) is 1. The molecule has 0 aromatic heterocycles. The number of aliphatic hydroxyl groups is 4. The first-order valence-corrected chi connectivity index (χ1v) is 49.3. The fourth-order valence-corrected chi connectivity index (χ4v) is 27.3. The Morgan fingerprint density at radius 3 is 1.57 bits per heavy atom. The predicted molar refractivity (Wildman–Crippen MR) is 503 cm³/mol. The minimum Gasteiger partial charge on any atom is -0.508 e. The quantitative estimate of drug-likeness (QED) is 0.0488. The number of piperidine rings is 3. The Labute approximate surface area is 753 Å². The van der Waals surface area contributed by atoms with Crippen molar-refractivity contribution in [1.82, 2.24) is 29.4 Å². The number of phenolic OH excluding ortho intramolecular Hbond substituents is 6. The zero-order valence-corrected chi connectivity index (χ0v) is 77.4. The Bertz CT molecular complexity index is 4760. The predicted octanol–water partition coefficient (Wildman–Crippen LogP) is 17.9. The van der Waals surface area contributed by atoms with E-state index in [9.17, 15) is 51.1 Å². The van der Waals surface area contributed by atoms with Crippen LogP contribution >= 0.6 is 0 Å². The number of phenols is 6. The molecule has 15 atom stereocenters. The van der Waals surface area contributed by atoms with Gasteiger partial charge in [-0.25, -0.2) is 0 Å². The number of fused-ring (bicyclic) bond motifs is 5. The normalized spacial score (nSPS) is 33.3. The highest BCUT2D eigenvalue weighted by Crippen LogP contribution is 2.66. The highest BCUT2D eigenvalue weighted by molar-refractivity contribution is 5.63. The zero-order chi connectivity index (χ0) is 88.6. The average Bonchev–Trinajstić information content (AvgIpc) is 1.45. The lowest BCUT2D eigenvalue weighted by Crippen LogP contribution is -2.77. The average molecular weight is 1720 g/mol. The lowest BCUT2D eigenvalue weighted by atomic mass is 9.48. The monoisotopic (exact) mass is 1720 g/mol. The molecule has 17 heteroatoms. The summed E-state index contributed by atoms with van der Waals surface area (Å²) in [5.74, 6) is 4.91. The summed E-state index contributed by atoms with van der Waals surface area (Å²) in [5, 5.41) is 105. The van der Waals surface area contributed by atoms with Crippen molar-refractivity contribution in [2.45, 2.75) is 301 Å². The van der Waals surface area contributed by atoms with Crippen LogP contribution in [0.4, 0.5) is 0 Å². The van der Waals surface area contributed by atoms with Gasteiger partial charge in [-0.15, -0.1) is 0 Å². The van der Waals surface area contributed by atoms with E-state index in [1.54, 1.807) is 30.3 Å². The van der Waals surface area contributed by atoms with Gasteiger partial charge in [0.2, 0.25) is 0 Å². The lowest BCUT2D eigenvalue weighted by molar-refractivity contribution is -0.209. The van der Waals surface area contributed by atoms with Crippen LogP contribution < -0.4 is 4.74 Å². The standard InChI is InChI=1S/C22H27NO.C21H27NO4.C21H29NO2.C15H23NO2.2C15H23NO/c1-16-21-14-18-8-9-19(24)15-20(18)22(16,2)11-13-23(21)12-10-17-6-4-3-5-7-17;23-14-5-4-13-10-16-21(25)7-6-15(24)19-20(21,17(13)18(14)26-19)8-9-22(16)11-12-2-1-3-12;23-17-7-6-16-12-19-21(24)9-2-1-8-20(21,18(16)13-17)10-11-22(19)14-15-4-3-5-15;1-16(2)11-13-6-3-4-9-15(13,18)12-7-5-8-14(17)10-12;2*1-3-15(9-4-5-10-16(2)12-15)13-7-6-8-14(17)11-13/h3-9,15-16,21,24H,10-14H2,1-2H3;4-5,12,15-16,19,23-25H,1-3,6-11H2;6-7,13,15,19,23-24H,1-5,8-12,14H2;5,7-8,10,13,17-18H,3-4,6,9,11H2,1-2H3;2*6-8,11,17H,3-5,9-10,12H2,1-2H3/t16?,21?,22-;15-,16+,19-,20-,21+;19-,20+,21-;;2*15-/m101.10/s1. The van der Waals surface area contributed by atoms with Crippen LogP contribution in [0.1, 0.15) is 257 Å². The molecule has 1 spiro atoms. The van der Waals surface area contributed by atoms with E-state index in [1.165, 1.54) is 160 Å². The van der Waals surface area contributed by atoms with Crippen molar-refractivity contribution in [3.05, 3.63) is 207 Å². The molecule has 684 valence electrons. The SMILES string of the molecule is CC1C2Cc3ccc(O)cc3[C@]1(C)CCN2CCc1ccccc1.CC[C@@]1(c2cccc(O)c2)CCCCN(C)C1.CC[C@]1(c2cccc(O)c2)CCCCN(C)C1.CN(C)CC1CCCCC1(O)c1cccc(O)c1.Oc1ccc2c(c1)[C@@]13CCCC[C@@]1(O)[C@@H](C2)N(CC1CCC1)CC3.Oc1ccc2c3c1O[C@H]1[C@@H](O)CC[C@@]4(O)[C@@H](C2)N(CC2CCC2)CC[C@]314. The Kier molecular flexibility index (Phi) is 28.0. The zero-order valence-electron chi connectivity index (χ0n) is 77.4. The van der Waals surface area contributed by atoms with Gasteiger partial charge in [0.1, 0.15) is 34.9 Å². The molecule has 5 saturated carbocycles. The molecule has 14 aliphatic rings. The Balaban J connectivity index is 0.000000112. The van der Waals surface area contributed by atoms with Gasteiger partial charge in [0, 0.05) is 85.1 Å². The van der Waals surface area contributed by atoms with Crippen molar-refractivity contribution in [3.8, 4) is 40.2 Å². The van der Waals surface area contributed by atoms with Crippen molar-refractivity contribution in [2.24, 2.45) is 23.7 Å². The summed E-state index contributed by atoms with van der Waals surface area (Å²) in [5.41, 5.74) is 10.2. The van der Waals surface area contributed by atoms with Gasteiger partial charge in [0.05, 0.1) is 28.3 Å². The van der Waals surface area contributed by atoms with Gasteiger partial charge < -0.3 is 70.5 Å². The van der Waals surface area contributed by atoms with E-state index in [1.807, 2.05) is 80.8 Å². The molecule has 10 N–H and O–H groups in total. The van der Waals surface area contributed by atoms with Crippen LogP contribution in [0.25, 0.3) is 0 Å². The van der Waals surface area contributed by atoms with E-state index in [0.717, 1.165) is 165 Å². The molecule has 0 radical (unpaired) electrons. The van der Waals surface area contributed by atoms with Gasteiger partial charge in [0.15, 0.2) is 11.5 Å². The van der Waals surface area contributed by atoms with Crippen molar-refractivity contribution in [1.29, 1.82) is 0 Å². The Morgan fingerprint density at radius 2 is 0.984 bits per heavy atom. The molecular formula is C109H152N6O11. The second-order valence-electron chi connectivity index (χ2n) is 42.3. The number of nitrogens with zero attached hydrogens (tertiary/aromatic N) is 6. The van der Waals surface area contributed by atoms with E-state index >= 15 is 0 Å². The first-order chi connectivity index (χ1) is 60.6. The third kappa shape index (κ3) is 17.9. The van der Waals surface area contributed by atoms with E-state index < -0.39 is 34.4 Å². The smallest absolute Gasteiger partial charge is 0.165 e. The molecule has 17 nitrogen and oxygen atoms in total. The van der Waals surface area contributed by atoms with Gasteiger partial charge in [-0.05, 0) is 349 Å². The highest BCUT2D eigenvalue weighted by atomic mass is 16.5. The molecular weight excluding hydrogens is 1570 g/mol. The van der Waals surface area contributed by atoms with E-state index in [2.05, 4.69) is 126 Å². The maximum Gasteiger partial charge on any atom is 0.165 e. The van der Waals surface area contributed by atoms with E-state index in [0.29, 0.717) is 53.5 Å². The largest absolute Gasteiger partial charge is 0.508 e. The number of aliphatic hydroxyl groups excluding tert-OH is 1. The number of benzene rings is 7. The summed E-state index contributed by atoms with van der Waals surface area (Å²) in [6, 6.07) is 50.2. The fraction of sp³-hybridized carbons (Fsp3) is 0.615. The summed E-state index contributed by atoms with van der Waals surface area (Å²) in [6.45, 7) is 21.4. The Morgan fingerprint density at radius 1 is 0.460 bits per heavy atom. The topological polar surface area (TPSA) is 231 Å². The fourth-order valence-electron chi connectivity index (χ4n) is 27.3. The second-order valence-corrected chi connectivity index (χ2v) is 42.3. The molecule has 0 amide bonds. The summed E-state index contributed by atoms with van der Waals surface area (Å²) >= 11 is 0. The molecule has 6 aliphatic heterocycles. The van der Waals surface area contributed by atoms with Gasteiger partial charge in [-0.3, -0.25) is 14.7 Å². The highest BCUT2D eigenvalue weighted by Gasteiger charge is 2.73. The summed E-state index contributed by atoms with van der Waals surface area (Å²) in [6.07, 6.45) is 33.5. The minimum atomic E-state index is -0.884. The summed E-state index contributed by atoms with van der Waals surface area (Å²) < 4.78 is 6.16. The maximum absolute atomic E-state index is 12.1. The minimum absolute atomic E-state index is 0.0819. The molecule has 21 rings (SSSR count). The molecule has 7 aromatic carbocycles. The van der Waals surface area contributed by atoms with Gasteiger partial charge in [0.25, 0.3) is 0 Å². The van der Waals surface area contributed by atoms with Crippen molar-refractivity contribution < 1.29 is 55.8 Å². The first-order valence-electron chi connectivity index (χ1n) is 49.3. The van der Waals surface area contributed by atoms with E-state index in [-0.39, 0.29) is 51.2 Å². The molecule has 5 saturated heterocycles. The summed E-state index contributed by atoms with van der Waals surface area (Å²) in [7, 11) is 8.49. The van der Waals surface area contributed by atoms with Crippen molar-refractivity contribution in [3.63, 3.8) is 0 Å². The van der Waals surface area contributed by atoms with E-state index in [4.69, 9.17) is 4.74 Å². The molecule has 4 unspecified atom stereocenters. The molecule has 7 aromatic rings. The number of likely N-dealkylation sites (tertiary alicyclic amines) is 5. The van der Waals surface area contributed by atoms with Crippen LogP contribution in [0.15, 0.2) is 152 Å². The number of likely N-dealkylation sites (N-methyl/N-ethyl adjacent to an activating group) is 2. The van der Waals surface area contributed by atoms with Crippen LogP contribution in [0.5, 0.6) is 40.2 Å². The third-order valence-electron chi connectivity index (χ3n) is 35.0. The van der Waals surface area contributed by atoms with Crippen LogP contribution in [0.3, 0.4) is 0 Å². The van der Waals surface area contributed by atoms with Crippen LogP contribution in [-0.2, 0) is 58.4 Å².